The third kappa shape index (κ3) is 3.80. The summed E-state index contributed by atoms with van der Waals surface area (Å²) in [5.41, 5.74) is 5.33. The Balaban J connectivity index is 2.27. The number of nitrogens with one attached hydrogen (secondary N) is 1. The van der Waals surface area contributed by atoms with E-state index in [0.29, 0.717) is 15.1 Å². The van der Waals surface area contributed by atoms with E-state index in [9.17, 15) is 14.0 Å². The van der Waals surface area contributed by atoms with Crippen LogP contribution in [0.1, 0.15) is 20.7 Å². The van der Waals surface area contributed by atoms with Crippen molar-refractivity contribution in [2.75, 3.05) is 5.32 Å². The van der Waals surface area contributed by atoms with Crippen molar-refractivity contribution in [3.05, 3.63) is 62.8 Å². The van der Waals surface area contributed by atoms with Crippen LogP contribution in [0.15, 0.2) is 40.9 Å². The first-order valence-electron chi connectivity index (χ1n) is 5.73. The summed E-state index contributed by atoms with van der Waals surface area (Å²) in [6, 6.07) is 8.28. The van der Waals surface area contributed by atoms with Gasteiger partial charge in [-0.15, -0.1) is 0 Å². The Hall–Kier alpha value is -1.92. The zero-order valence-electron chi connectivity index (χ0n) is 10.5. The maximum Gasteiger partial charge on any atom is 0.255 e. The zero-order chi connectivity index (χ0) is 15.6. The van der Waals surface area contributed by atoms with Crippen LogP contribution >= 0.6 is 27.5 Å². The number of carbonyl (C=O) groups is 2. The van der Waals surface area contributed by atoms with E-state index in [0.717, 1.165) is 6.07 Å². The quantitative estimate of drug-likeness (QED) is 0.865. The topological polar surface area (TPSA) is 72.2 Å². The fourth-order valence-electron chi connectivity index (χ4n) is 1.68. The molecular weight excluding hydrogens is 363 g/mol. The molecule has 0 saturated carbocycles. The third-order valence-electron chi connectivity index (χ3n) is 2.61. The Morgan fingerprint density at radius 3 is 2.52 bits per heavy atom. The largest absolute Gasteiger partial charge is 0.366 e. The molecule has 0 aliphatic rings. The van der Waals surface area contributed by atoms with Crippen LogP contribution in [0.4, 0.5) is 10.1 Å². The van der Waals surface area contributed by atoms with Crippen molar-refractivity contribution < 1.29 is 14.0 Å². The summed E-state index contributed by atoms with van der Waals surface area (Å²) in [6.07, 6.45) is 0. The zero-order valence-corrected chi connectivity index (χ0v) is 12.8. The molecule has 0 fully saturated rings. The first-order chi connectivity index (χ1) is 9.86. The first-order valence-corrected chi connectivity index (χ1v) is 6.90. The molecule has 0 spiro atoms. The van der Waals surface area contributed by atoms with E-state index in [2.05, 4.69) is 21.2 Å². The number of nitrogens with two attached hydrogens (primary N) is 1. The van der Waals surface area contributed by atoms with Gasteiger partial charge in [0, 0.05) is 20.7 Å². The molecule has 2 rings (SSSR count). The van der Waals surface area contributed by atoms with Gasteiger partial charge in [-0.25, -0.2) is 4.39 Å². The maximum absolute atomic E-state index is 13.3. The predicted octanol–water partition coefficient (Wildman–Crippen LogP) is 3.59. The van der Waals surface area contributed by atoms with Gasteiger partial charge in [-0.2, -0.15) is 0 Å². The van der Waals surface area contributed by atoms with E-state index >= 15 is 0 Å². The second kappa shape index (κ2) is 6.24. The van der Waals surface area contributed by atoms with Gasteiger partial charge in [0.1, 0.15) is 5.82 Å². The van der Waals surface area contributed by atoms with Crippen molar-refractivity contribution in [2.24, 2.45) is 5.73 Å². The van der Waals surface area contributed by atoms with Gasteiger partial charge in [-0.3, -0.25) is 9.59 Å². The van der Waals surface area contributed by atoms with Crippen molar-refractivity contribution in [1.29, 1.82) is 0 Å². The molecule has 2 aromatic rings. The summed E-state index contributed by atoms with van der Waals surface area (Å²) >= 11 is 9.10. The number of carbonyl (C=O) groups excluding carboxylic acids is 2. The van der Waals surface area contributed by atoms with E-state index in [1.165, 1.54) is 18.2 Å². The fourth-order valence-corrected chi connectivity index (χ4v) is 2.54. The molecule has 4 nitrogen and oxygen atoms in total. The van der Waals surface area contributed by atoms with Gasteiger partial charge >= 0.3 is 0 Å². The van der Waals surface area contributed by atoms with E-state index < -0.39 is 17.6 Å². The monoisotopic (exact) mass is 370 g/mol. The second-order valence-electron chi connectivity index (χ2n) is 4.17. The highest BCUT2D eigenvalue weighted by molar-refractivity contribution is 9.10. The van der Waals surface area contributed by atoms with Crippen LogP contribution < -0.4 is 11.1 Å². The number of rotatable bonds is 3. The van der Waals surface area contributed by atoms with Crippen molar-refractivity contribution >= 4 is 45.0 Å². The lowest BCUT2D eigenvalue weighted by Gasteiger charge is -2.08. The molecule has 0 heterocycles. The number of benzene rings is 2. The van der Waals surface area contributed by atoms with E-state index in [1.807, 2.05) is 0 Å². The summed E-state index contributed by atoms with van der Waals surface area (Å²) in [5.74, 6) is -2.10. The lowest BCUT2D eigenvalue weighted by Crippen LogP contribution is -2.16. The number of hydrogen-bond acceptors (Lipinski definition) is 2. The van der Waals surface area contributed by atoms with Gasteiger partial charge in [0.05, 0.1) is 5.56 Å². The molecule has 0 saturated heterocycles. The SMILES string of the molecule is NC(=O)c1cc(NC(=O)c2cc(Cl)cc(Br)c2)ccc1F. The van der Waals surface area contributed by atoms with Crippen molar-refractivity contribution in [2.45, 2.75) is 0 Å². The van der Waals surface area contributed by atoms with Gasteiger partial charge in [-0.1, -0.05) is 27.5 Å². The van der Waals surface area contributed by atoms with Crippen LogP contribution in [0.5, 0.6) is 0 Å². The lowest BCUT2D eigenvalue weighted by molar-refractivity contribution is 0.0992. The fraction of sp³-hybridized carbons (Fsp3) is 0. The van der Waals surface area contributed by atoms with Gasteiger partial charge in [-0.05, 0) is 36.4 Å². The average Bonchev–Trinajstić information content (AvgIpc) is 2.39. The molecule has 0 radical (unpaired) electrons. The summed E-state index contributed by atoms with van der Waals surface area (Å²) in [6.45, 7) is 0. The summed E-state index contributed by atoms with van der Waals surface area (Å²) in [7, 11) is 0. The van der Waals surface area contributed by atoms with Gasteiger partial charge in [0.15, 0.2) is 0 Å². The Morgan fingerprint density at radius 1 is 1.19 bits per heavy atom. The predicted molar refractivity (Wildman–Crippen MR) is 82.0 cm³/mol. The Labute approximate surface area is 133 Å². The minimum absolute atomic E-state index is 0.256. The molecule has 0 unspecified atom stereocenters. The molecule has 3 N–H and O–H groups in total. The smallest absolute Gasteiger partial charge is 0.255 e. The minimum atomic E-state index is -0.908. The van der Waals surface area contributed by atoms with Crippen LogP contribution in [-0.2, 0) is 0 Å². The molecule has 7 heteroatoms. The molecule has 108 valence electrons. The summed E-state index contributed by atoms with van der Waals surface area (Å²) in [4.78, 5) is 23.1. The Kier molecular flexibility index (Phi) is 4.59. The molecule has 0 aromatic heterocycles. The highest BCUT2D eigenvalue weighted by atomic mass is 79.9. The number of primary amides is 1. The van der Waals surface area contributed by atoms with Crippen LogP contribution in [0, 0.1) is 5.82 Å². The van der Waals surface area contributed by atoms with Crippen molar-refractivity contribution in [3.8, 4) is 0 Å². The van der Waals surface area contributed by atoms with Crippen molar-refractivity contribution in [3.63, 3.8) is 0 Å². The number of amides is 2. The van der Waals surface area contributed by atoms with Crippen LogP contribution in [0.2, 0.25) is 5.02 Å². The highest BCUT2D eigenvalue weighted by Crippen LogP contribution is 2.21. The minimum Gasteiger partial charge on any atom is -0.366 e. The first kappa shape index (κ1) is 15.5. The average molecular weight is 372 g/mol. The van der Waals surface area contributed by atoms with Gasteiger partial charge in [0.25, 0.3) is 11.8 Å². The molecule has 2 amide bonds. The van der Waals surface area contributed by atoms with E-state index in [-0.39, 0.29) is 11.3 Å². The molecule has 2 aromatic carbocycles. The molecule has 0 aliphatic heterocycles. The molecule has 0 atom stereocenters. The second-order valence-corrected chi connectivity index (χ2v) is 5.52. The summed E-state index contributed by atoms with van der Waals surface area (Å²) < 4.78 is 14.0. The number of anilines is 1. The molecule has 0 aliphatic carbocycles. The number of hydrogen-bond donors (Lipinski definition) is 2. The Morgan fingerprint density at radius 2 is 1.90 bits per heavy atom. The van der Waals surface area contributed by atoms with Crippen LogP contribution in [0.25, 0.3) is 0 Å². The standard InChI is InChI=1S/C14H9BrClFN2O2/c15-8-3-7(4-9(16)5-8)14(21)19-10-1-2-12(17)11(6-10)13(18)20/h1-6H,(H2,18,20)(H,19,21). The van der Waals surface area contributed by atoms with Crippen LogP contribution in [-0.4, -0.2) is 11.8 Å². The Bertz CT molecular complexity index is 717. The van der Waals surface area contributed by atoms with Crippen LogP contribution in [0.3, 0.4) is 0 Å². The number of halogens is 3. The lowest BCUT2D eigenvalue weighted by atomic mass is 10.1. The van der Waals surface area contributed by atoms with E-state index in [4.69, 9.17) is 17.3 Å². The van der Waals surface area contributed by atoms with E-state index in [1.54, 1.807) is 12.1 Å². The van der Waals surface area contributed by atoms with Gasteiger partial charge < -0.3 is 11.1 Å². The molecule has 21 heavy (non-hydrogen) atoms. The highest BCUT2D eigenvalue weighted by Gasteiger charge is 2.12. The maximum atomic E-state index is 13.3. The van der Waals surface area contributed by atoms with Crippen molar-refractivity contribution in [1.82, 2.24) is 0 Å². The molecule has 0 bridgehead atoms. The van der Waals surface area contributed by atoms with Gasteiger partial charge in [0.2, 0.25) is 0 Å². The third-order valence-corrected chi connectivity index (χ3v) is 3.29. The normalized spacial score (nSPS) is 10.2. The molecular formula is C14H9BrClFN2O2. The summed E-state index contributed by atoms with van der Waals surface area (Å²) in [5, 5.41) is 2.94.